The van der Waals surface area contributed by atoms with Crippen LogP contribution in [0, 0.1) is 5.82 Å². The van der Waals surface area contributed by atoms with Crippen LogP contribution < -0.4 is 10.9 Å². The van der Waals surface area contributed by atoms with E-state index in [1.54, 1.807) is 20.8 Å². The van der Waals surface area contributed by atoms with Gasteiger partial charge in [0.05, 0.1) is 11.7 Å². The second kappa shape index (κ2) is 7.14. The van der Waals surface area contributed by atoms with Gasteiger partial charge in [-0.15, -0.1) is 0 Å². The molecule has 0 radical (unpaired) electrons. The fourth-order valence-electron chi connectivity index (χ4n) is 1.61. The molecule has 23 heavy (non-hydrogen) atoms. The summed E-state index contributed by atoms with van der Waals surface area (Å²) in [4.78, 5) is 11.3. The quantitative estimate of drug-likeness (QED) is 0.583. The number of aliphatic hydroxyl groups is 1. The van der Waals surface area contributed by atoms with Crippen molar-refractivity contribution in [2.75, 3.05) is 6.54 Å². The third-order valence-corrected chi connectivity index (χ3v) is 2.57. The van der Waals surface area contributed by atoms with Crippen LogP contribution in [0.25, 0.3) is 0 Å². The molecule has 5 nitrogen and oxygen atoms in total. The van der Waals surface area contributed by atoms with Gasteiger partial charge in [-0.2, -0.15) is 13.2 Å². The summed E-state index contributed by atoms with van der Waals surface area (Å²) in [5.74, 6) is -1.42. The van der Waals surface area contributed by atoms with Crippen LogP contribution in [0.4, 0.5) is 22.4 Å². The Bertz CT molecular complexity index is 556. The molecule has 0 bridgehead atoms. The van der Waals surface area contributed by atoms with E-state index in [1.165, 1.54) is 0 Å². The molecular formula is C14H18F4N2O3. The number of carbonyl (C=O) groups is 1. The Labute approximate surface area is 130 Å². The molecule has 1 atom stereocenters. The minimum absolute atomic E-state index is 0.141. The lowest BCUT2D eigenvalue weighted by atomic mass is 10.1. The minimum atomic E-state index is -4.86. The molecule has 0 saturated carbocycles. The first kappa shape index (κ1) is 19.2. The van der Waals surface area contributed by atoms with E-state index in [-0.39, 0.29) is 12.1 Å². The van der Waals surface area contributed by atoms with E-state index < -0.39 is 35.4 Å². The first-order valence-electron chi connectivity index (χ1n) is 6.67. The van der Waals surface area contributed by atoms with Crippen LogP contribution in [0.5, 0.6) is 0 Å². The van der Waals surface area contributed by atoms with Crippen molar-refractivity contribution in [1.29, 1.82) is 0 Å². The van der Waals surface area contributed by atoms with Gasteiger partial charge in [-0.3, -0.25) is 5.43 Å². The number of carbonyl (C=O) groups excluding carboxylic acids is 1. The number of alkyl halides is 3. The van der Waals surface area contributed by atoms with E-state index in [1.807, 2.05) is 0 Å². The van der Waals surface area contributed by atoms with E-state index in [0.717, 1.165) is 6.07 Å². The SMILES string of the molecule is CC(C)(C)OC(=O)NNCC(O)c1ccc(F)c(C(F)(F)F)c1. The van der Waals surface area contributed by atoms with E-state index in [4.69, 9.17) is 4.74 Å². The van der Waals surface area contributed by atoms with Crippen LogP contribution in [-0.2, 0) is 10.9 Å². The molecule has 9 heteroatoms. The van der Waals surface area contributed by atoms with Crippen molar-refractivity contribution >= 4 is 6.09 Å². The van der Waals surface area contributed by atoms with Crippen molar-refractivity contribution < 1.29 is 32.2 Å². The third-order valence-electron chi connectivity index (χ3n) is 2.57. The lowest BCUT2D eigenvalue weighted by Gasteiger charge is -2.20. The lowest BCUT2D eigenvalue weighted by molar-refractivity contribution is -0.140. The standard InChI is InChI=1S/C14H18F4N2O3/c1-13(2,3)23-12(22)20-19-7-11(21)8-4-5-10(15)9(6-8)14(16,17)18/h4-6,11,19,21H,7H2,1-3H3,(H,20,22). The number of ether oxygens (including phenoxy) is 1. The maximum Gasteiger partial charge on any atom is 0.422 e. The summed E-state index contributed by atoms with van der Waals surface area (Å²) >= 11 is 0. The van der Waals surface area contributed by atoms with Gasteiger partial charge in [-0.1, -0.05) is 6.07 Å². The van der Waals surface area contributed by atoms with Gasteiger partial charge in [0.15, 0.2) is 0 Å². The molecular weight excluding hydrogens is 320 g/mol. The molecule has 0 aliphatic rings. The largest absolute Gasteiger partial charge is 0.443 e. The van der Waals surface area contributed by atoms with Gasteiger partial charge in [0, 0.05) is 6.54 Å². The number of hydrogen-bond acceptors (Lipinski definition) is 4. The molecule has 1 unspecified atom stereocenters. The Kier molecular flexibility index (Phi) is 5.95. The first-order chi connectivity index (χ1) is 10.4. The predicted octanol–water partition coefficient (Wildman–Crippen LogP) is 2.91. The summed E-state index contributed by atoms with van der Waals surface area (Å²) in [5, 5.41) is 9.80. The van der Waals surface area contributed by atoms with Crippen molar-refractivity contribution in [3.8, 4) is 0 Å². The second-order valence-corrected chi connectivity index (χ2v) is 5.76. The summed E-state index contributed by atoms with van der Waals surface area (Å²) < 4.78 is 55.9. The van der Waals surface area contributed by atoms with E-state index >= 15 is 0 Å². The van der Waals surface area contributed by atoms with Crippen LogP contribution in [-0.4, -0.2) is 23.3 Å². The second-order valence-electron chi connectivity index (χ2n) is 5.76. The summed E-state index contributed by atoms with van der Waals surface area (Å²) in [6.45, 7) is 4.66. The van der Waals surface area contributed by atoms with Crippen molar-refractivity contribution in [2.45, 2.75) is 38.7 Å². The normalized spacial score (nSPS) is 13.6. The third kappa shape index (κ3) is 6.41. The van der Waals surface area contributed by atoms with E-state index in [2.05, 4.69) is 10.9 Å². The number of nitrogens with one attached hydrogen (secondary N) is 2. The van der Waals surface area contributed by atoms with E-state index in [0.29, 0.717) is 12.1 Å². The molecule has 3 N–H and O–H groups in total. The van der Waals surface area contributed by atoms with Crippen LogP contribution in [0.15, 0.2) is 18.2 Å². The number of rotatable bonds is 4. The maximum absolute atomic E-state index is 13.2. The minimum Gasteiger partial charge on any atom is -0.443 e. The van der Waals surface area contributed by atoms with Crippen LogP contribution >= 0.6 is 0 Å². The molecule has 0 aliphatic carbocycles. The smallest absolute Gasteiger partial charge is 0.422 e. The predicted molar refractivity (Wildman–Crippen MR) is 73.7 cm³/mol. The summed E-state index contributed by atoms with van der Waals surface area (Å²) in [6, 6.07) is 2.18. The van der Waals surface area contributed by atoms with Gasteiger partial charge < -0.3 is 9.84 Å². The zero-order valence-electron chi connectivity index (χ0n) is 12.8. The van der Waals surface area contributed by atoms with Crippen molar-refractivity contribution in [3.05, 3.63) is 35.1 Å². The molecule has 0 aliphatic heterocycles. The van der Waals surface area contributed by atoms with Crippen molar-refractivity contribution in [2.24, 2.45) is 0 Å². The highest BCUT2D eigenvalue weighted by molar-refractivity contribution is 5.66. The van der Waals surface area contributed by atoms with Crippen molar-refractivity contribution in [1.82, 2.24) is 10.9 Å². The van der Waals surface area contributed by atoms with Crippen LogP contribution in [0.1, 0.15) is 38.0 Å². The molecule has 1 aromatic carbocycles. The molecule has 1 aromatic rings. The van der Waals surface area contributed by atoms with Gasteiger partial charge in [0.1, 0.15) is 11.4 Å². The maximum atomic E-state index is 13.2. The van der Waals surface area contributed by atoms with E-state index in [9.17, 15) is 27.5 Å². The van der Waals surface area contributed by atoms with Gasteiger partial charge in [-0.05, 0) is 38.5 Å². The first-order valence-corrected chi connectivity index (χ1v) is 6.67. The molecule has 1 amide bonds. The number of hydrogen-bond donors (Lipinski definition) is 3. The number of benzene rings is 1. The number of aliphatic hydroxyl groups excluding tert-OH is 1. The molecule has 0 spiro atoms. The molecule has 1 rings (SSSR count). The highest BCUT2D eigenvalue weighted by Crippen LogP contribution is 2.32. The molecule has 0 saturated heterocycles. The number of hydrazine groups is 1. The zero-order valence-corrected chi connectivity index (χ0v) is 12.8. The molecule has 0 fully saturated rings. The monoisotopic (exact) mass is 338 g/mol. The van der Waals surface area contributed by atoms with Gasteiger partial charge in [0.25, 0.3) is 0 Å². The lowest BCUT2D eigenvalue weighted by Crippen LogP contribution is -2.42. The molecule has 130 valence electrons. The Morgan fingerprint density at radius 1 is 1.30 bits per heavy atom. The Balaban J connectivity index is 2.62. The Morgan fingerprint density at radius 2 is 1.91 bits per heavy atom. The van der Waals surface area contributed by atoms with Crippen LogP contribution in [0.3, 0.4) is 0 Å². The summed E-state index contributed by atoms with van der Waals surface area (Å²) in [5.41, 5.74) is 2.13. The van der Waals surface area contributed by atoms with Crippen LogP contribution in [0.2, 0.25) is 0 Å². The fourth-order valence-corrected chi connectivity index (χ4v) is 1.61. The Morgan fingerprint density at radius 3 is 2.43 bits per heavy atom. The highest BCUT2D eigenvalue weighted by Gasteiger charge is 2.34. The van der Waals surface area contributed by atoms with Gasteiger partial charge in [-0.25, -0.2) is 14.6 Å². The summed E-state index contributed by atoms with van der Waals surface area (Å²) in [6.07, 6.45) is -7.05. The molecule has 0 heterocycles. The topological polar surface area (TPSA) is 70.6 Å². The van der Waals surface area contributed by atoms with Crippen molar-refractivity contribution in [3.63, 3.8) is 0 Å². The Hall–Kier alpha value is -1.87. The fraction of sp³-hybridized carbons (Fsp3) is 0.500. The van der Waals surface area contributed by atoms with Gasteiger partial charge >= 0.3 is 12.3 Å². The van der Waals surface area contributed by atoms with Gasteiger partial charge in [0.2, 0.25) is 0 Å². The number of amides is 1. The average Bonchev–Trinajstić information content (AvgIpc) is 2.35. The number of halogens is 4. The highest BCUT2D eigenvalue weighted by atomic mass is 19.4. The summed E-state index contributed by atoms with van der Waals surface area (Å²) in [7, 11) is 0. The average molecular weight is 338 g/mol. The zero-order chi connectivity index (χ0) is 17.8. The molecule has 0 aromatic heterocycles.